The monoisotopic (exact) mass is 193 g/mol. The van der Waals surface area contributed by atoms with Crippen molar-refractivity contribution in [3.63, 3.8) is 0 Å². The van der Waals surface area contributed by atoms with Crippen LogP contribution in [-0.4, -0.2) is 23.6 Å². The maximum absolute atomic E-state index is 11.0. The number of anilines is 1. The van der Waals surface area contributed by atoms with Crippen LogP contribution in [0.1, 0.15) is 13.3 Å². The molecule has 1 heterocycles. The minimum atomic E-state index is -0.0919. The molecule has 1 aromatic rings. The Balaban J connectivity index is 2.03. The summed E-state index contributed by atoms with van der Waals surface area (Å²) in [5.41, 5.74) is -0.0919. The van der Waals surface area contributed by atoms with Crippen molar-refractivity contribution in [1.29, 1.82) is 0 Å². The molecular weight excluding hydrogens is 178 g/mol. The first-order chi connectivity index (χ1) is 6.66. The fourth-order valence-corrected chi connectivity index (χ4v) is 1.67. The highest BCUT2D eigenvalue weighted by Gasteiger charge is 2.33. The summed E-state index contributed by atoms with van der Waals surface area (Å²) < 4.78 is 0. The first-order valence-corrected chi connectivity index (χ1v) is 4.92. The van der Waals surface area contributed by atoms with Gasteiger partial charge in [0.05, 0.1) is 6.33 Å². The Hall–Kier alpha value is -1.32. The zero-order valence-corrected chi connectivity index (χ0v) is 8.53. The SMILES string of the molecule is CC1CC1CN(C)c1cc(=O)[nH]cn1. The lowest BCUT2D eigenvalue weighted by Gasteiger charge is -2.16. The highest BCUT2D eigenvalue weighted by molar-refractivity contribution is 5.35. The van der Waals surface area contributed by atoms with E-state index in [1.807, 2.05) is 11.9 Å². The summed E-state index contributed by atoms with van der Waals surface area (Å²) in [4.78, 5) is 19.7. The summed E-state index contributed by atoms with van der Waals surface area (Å²) in [6.45, 7) is 3.25. The van der Waals surface area contributed by atoms with Crippen molar-refractivity contribution in [3.05, 3.63) is 22.7 Å². The van der Waals surface area contributed by atoms with Crippen molar-refractivity contribution in [3.8, 4) is 0 Å². The molecule has 0 aliphatic heterocycles. The minimum absolute atomic E-state index is 0.0919. The van der Waals surface area contributed by atoms with Crippen LogP contribution in [0.2, 0.25) is 0 Å². The van der Waals surface area contributed by atoms with Gasteiger partial charge >= 0.3 is 0 Å². The van der Waals surface area contributed by atoms with Crippen molar-refractivity contribution in [2.75, 3.05) is 18.5 Å². The first-order valence-electron chi connectivity index (χ1n) is 4.92. The van der Waals surface area contributed by atoms with Crippen LogP contribution in [0.5, 0.6) is 0 Å². The Morgan fingerprint density at radius 3 is 3.00 bits per heavy atom. The second-order valence-electron chi connectivity index (χ2n) is 4.12. The maximum Gasteiger partial charge on any atom is 0.252 e. The van der Waals surface area contributed by atoms with E-state index in [0.29, 0.717) is 0 Å². The summed E-state index contributed by atoms with van der Waals surface area (Å²) in [6.07, 6.45) is 2.75. The average Bonchev–Trinajstić information content (AvgIpc) is 2.81. The van der Waals surface area contributed by atoms with Crippen molar-refractivity contribution < 1.29 is 0 Å². The molecule has 0 bridgehead atoms. The number of aromatic nitrogens is 2. The molecule has 0 radical (unpaired) electrons. The van der Waals surface area contributed by atoms with Crippen molar-refractivity contribution >= 4 is 5.82 Å². The Labute approximate surface area is 83.0 Å². The van der Waals surface area contributed by atoms with Gasteiger partial charge in [0.15, 0.2) is 0 Å². The fraction of sp³-hybridized carbons (Fsp3) is 0.600. The van der Waals surface area contributed by atoms with Gasteiger partial charge in [-0.15, -0.1) is 0 Å². The highest BCUT2D eigenvalue weighted by Crippen LogP contribution is 2.38. The van der Waals surface area contributed by atoms with Crippen LogP contribution >= 0.6 is 0 Å². The van der Waals surface area contributed by atoms with Crippen LogP contribution in [-0.2, 0) is 0 Å². The van der Waals surface area contributed by atoms with E-state index in [-0.39, 0.29) is 5.56 Å². The molecule has 14 heavy (non-hydrogen) atoms. The van der Waals surface area contributed by atoms with Gasteiger partial charge in [-0.3, -0.25) is 4.79 Å². The number of rotatable bonds is 3. The summed E-state index contributed by atoms with van der Waals surface area (Å²) in [7, 11) is 1.98. The molecule has 0 aromatic carbocycles. The summed E-state index contributed by atoms with van der Waals surface area (Å²) >= 11 is 0. The van der Waals surface area contributed by atoms with E-state index in [9.17, 15) is 4.79 Å². The Morgan fingerprint density at radius 1 is 1.71 bits per heavy atom. The van der Waals surface area contributed by atoms with Gasteiger partial charge in [-0.1, -0.05) is 6.92 Å². The third-order valence-corrected chi connectivity index (χ3v) is 2.84. The van der Waals surface area contributed by atoms with E-state index < -0.39 is 0 Å². The van der Waals surface area contributed by atoms with Crippen LogP contribution in [0.4, 0.5) is 5.82 Å². The van der Waals surface area contributed by atoms with Gasteiger partial charge < -0.3 is 9.88 Å². The van der Waals surface area contributed by atoms with E-state index in [1.165, 1.54) is 18.8 Å². The maximum atomic E-state index is 11.0. The second kappa shape index (κ2) is 3.44. The topological polar surface area (TPSA) is 49.0 Å². The molecule has 76 valence electrons. The van der Waals surface area contributed by atoms with Crippen molar-refractivity contribution in [2.24, 2.45) is 11.8 Å². The van der Waals surface area contributed by atoms with Crippen LogP contribution in [0, 0.1) is 11.8 Å². The first kappa shape index (κ1) is 9.24. The van der Waals surface area contributed by atoms with Gasteiger partial charge in [0.25, 0.3) is 5.56 Å². The van der Waals surface area contributed by atoms with Crippen LogP contribution in [0.15, 0.2) is 17.2 Å². The van der Waals surface area contributed by atoms with Crippen LogP contribution < -0.4 is 10.5 Å². The molecule has 4 nitrogen and oxygen atoms in total. The quantitative estimate of drug-likeness (QED) is 0.774. The van der Waals surface area contributed by atoms with E-state index in [0.717, 1.165) is 24.2 Å². The molecule has 1 aliphatic carbocycles. The van der Waals surface area contributed by atoms with Crippen molar-refractivity contribution in [1.82, 2.24) is 9.97 Å². The summed E-state index contributed by atoms with van der Waals surface area (Å²) in [5, 5.41) is 0. The molecule has 1 aliphatic rings. The molecule has 1 saturated carbocycles. The van der Waals surface area contributed by atoms with Gasteiger partial charge in [-0.25, -0.2) is 4.98 Å². The van der Waals surface area contributed by atoms with Gasteiger partial charge in [0.2, 0.25) is 0 Å². The Morgan fingerprint density at radius 2 is 2.43 bits per heavy atom. The minimum Gasteiger partial charge on any atom is -0.359 e. The molecular formula is C10H15N3O. The zero-order chi connectivity index (χ0) is 10.1. The van der Waals surface area contributed by atoms with Crippen molar-refractivity contribution in [2.45, 2.75) is 13.3 Å². The Kier molecular flexibility index (Phi) is 2.27. The Bertz CT molecular complexity index is 374. The lowest BCUT2D eigenvalue weighted by molar-refractivity contribution is 0.718. The standard InChI is InChI=1S/C10H15N3O/c1-7-3-8(7)5-13(2)9-4-10(14)12-6-11-9/h4,6-8H,3,5H2,1-2H3,(H,11,12,14). The molecule has 1 aromatic heterocycles. The number of nitrogens with one attached hydrogen (secondary N) is 1. The predicted octanol–water partition coefficient (Wildman–Crippen LogP) is 0.862. The van der Waals surface area contributed by atoms with Gasteiger partial charge in [0.1, 0.15) is 5.82 Å². The molecule has 0 amide bonds. The average molecular weight is 193 g/mol. The molecule has 1 fully saturated rings. The molecule has 2 unspecified atom stereocenters. The highest BCUT2D eigenvalue weighted by atomic mass is 16.1. The number of aromatic amines is 1. The molecule has 2 rings (SSSR count). The lowest BCUT2D eigenvalue weighted by Crippen LogP contribution is -2.23. The largest absolute Gasteiger partial charge is 0.359 e. The predicted molar refractivity (Wildman–Crippen MR) is 55.4 cm³/mol. The molecule has 0 spiro atoms. The zero-order valence-electron chi connectivity index (χ0n) is 8.53. The van der Waals surface area contributed by atoms with Gasteiger partial charge in [-0.05, 0) is 18.3 Å². The number of nitrogens with zero attached hydrogens (tertiary/aromatic N) is 2. The third-order valence-electron chi connectivity index (χ3n) is 2.84. The van der Waals surface area contributed by atoms with Crippen LogP contribution in [0.25, 0.3) is 0 Å². The summed E-state index contributed by atoms with van der Waals surface area (Å²) in [6, 6.07) is 1.53. The molecule has 0 saturated heterocycles. The fourth-order valence-electron chi connectivity index (χ4n) is 1.67. The number of hydrogen-bond acceptors (Lipinski definition) is 3. The third kappa shape index (κ3) is 1.95. The second-order valence-corrected chi connectivity index (χ2v) is 4.12. The molecule has 4 heteroatoms. The summed E-state index contributed by atoms with van der Waals surface area (Å²) in [5.74, 6) is 2.37. The normalized spacial score (nSPS) is 24.7. The van der Waals surface area contributed by atoms with Crippen LogP contribution in [0.3, 0.4) is 0 Å². The number of hydrogen-bond donors (Lipinski definition) is 1. The van der Waals surface area contributed by atoms with Gasteiger partial charge in [0, 0.05) is 19.7 Å². The van der Waals surface area contributed by atoms with Gasteiger partial charge in [-0.2, -0.15) is 0 Å². The van der Waals surface area contributed by atoms with E-state index in [4.69, 9.17) is 0 Å². The number of H-pyrrole nitrogens is 1. The lowest BCUT2D eigenvalue weighted by atomic mass is 10.3. The van der Waals surface area contributed by atoms with E-state index in [2.05, 4.69) is 16.9 Å². The molecule has 1 N–H and O–H groups in total. The van der Waals surface area contributed by atoms with E-state index >= 15 is 0 Å². The van der Waals surface area contributed by atoms with E-state index in [1.54, 1.807) is 0 Å². The molecule has 2 atom stereocenters. The smallest absolute Gasteiger partial charge is 0.252 e.